The number of nitrogens with zero attached hydrogens (tertiary/aromatic N) is 1. The van der Waals surface area contributed by atoms with Crippen LogP contribution in [0.15, 0.2) is 34.9 Å². The number of rotatable bonds is 8. The van der Waals surface area contributed by atoms with Crippen LogP contribution in [-0.2, 0) is 11.3 Å². The van der Waals surface area contributed by atoms with Gasteiger partial charge in [0.05, 0.1) is 18.4 Å². The predicted octanol–water partition coefficient (Wildman–Crippen LogP) is 2.14. The number of hydrogen-bond acceptors (Lipinski definition) is 5. The molecular formula is C16H22N2O3. The van der Waals surface area contributed by atoms with E-state index in [2.05, 4.69) is 10.3 Å². The van der Waals surface area contributed by atoms with E-state index in [9.17, 15) is 5.11 Å². The Bertz CT molecular complexity index is 537. The zero-order chi connectivity index (χ0) is 15.1. The maximum absolute atomic E-state index is 9.52. The molecule has 0 radical (unpaired) electrons. The third-order valence-corrected chi connectivity index (χ3v) is 3.17. The minimum Gasteiger partial charge on any atom is -0.444 e. The van der Waals surface area contributed by atoms with Crippen LogP contribution in [0.25, 0.3) is 11.5 Å². The van der Waals surface area contributed by atoms with E-state index >= 15 is 0 Å². The van der Waals surface area contributed by atoms with Crippen LogP contribution in [-0.4, -0.2) is 36.5 Å². The predicted molar refractivity (Wildman–Crippen MR) is 80.9 cm³/mol. The van der Waals surface area contributed by atoms with Crippen molar-refractivity contribution in [1.82, 2.24) is 10.3 Å². The van der Waals surface area contributed by atoms with Gasteiger partial charge in [-0.3, -0.25) is 0 Å². The molecule has 21 heavy (non-hydrogen) atoms. The fourth-order valence-electron chi connectivity index (χ4n) is 1.98. The molecule has 0 aliphatic heterocycles. The van der Waals surface area contributed by atoms with Gasteiger partial charge in [0.1, 0.15) is 6.26 Å². The molecule has 0 aliphatic carbocycles. The average Bonchev–Trinajstić information content (AvgIpc) is 2.93. The van der Waals surface area contributed by atoms with Gasteiger partial charge < -0.3 is 19.6 Å². The van der Waals surface area contributed by atoms with Crippen molar-refractivity contribution in [2.24, 2.45) is 0 Å². The van der Waals surface area contributed by atoms with Crippen LogP contribution in [0.5, 0.6) is 0 Å². The molecule has 2 rings (SSSR count). The lowest BCUT2D eigenvalue weighted by Gasteiger charge is -2.08. The van der Waals surface area contributed by atoms with Gasteiger partial charge in [0.2, 0.25) is 5.89 Å². The number of nitrogens with one attached hydrogen (secondary N) is 1. The third kappa shape index (κ3) is 4.97. The first kappa shape index (κ1) is 15.7. The van der Waals surface area contributed by atoms with E-state index in [1.807, 2.05) is 31.2 Å². The Hall–Kier alpha value is -1.69. The number of aliphatic hydroxyl groups is 1. The molecule has 0 saturated heterocycles. The van der Waals surface area contributed by atoms with Gasteiger partial charge in [0.15, 0.2) is 0 Å². The van der Waals surface area contributed by atoms with E-state index in [1.54, 1.807) is 13.4 Å². The first-order valence-corrected chi connectivity index (χ1v) is 7.08. The molecule has 5 heteroatoms. The monoisotopic (exact) mass is 290 g/mol. The molecule has 0 aliphatic rings. The van der Waals surface area contributed by atoms with Gasteiger partial charge in [0.25, 0.3) is 0 Å². The highest BCUT2D eigenvalue weighted by Gasteiger charge is 2.07. The van der Waals surface area contributed by atoms with Gasteiger partial charge >= 0.3 is 0 Å². The molecule has 0 amide bonds. The van der Waals surface area contributed by atoms with Crippen molar-refractivity contribution < 1.29 is 14.3 Å². The summed E-state index contributed by atoms with van der Waals surface area (Å²) in [7, 11) is 1.58. The normalized spacial score (nSPS) is 12.5. The lowest BCUT2D eigenvalue weighted by atomic mass is 10.1. The Morgan fingerprint density at radius 2 is 2.10 bits per heavy atom. The van der Waals surface area contributed by atoms with E-state index in [-0.39, 0.29) is 0 Å². The Balaban J connectivity index is 1.79. The summed E-state index contributed by atoms with van der Waals surface area (Å²) in [5.74, 6) is 0.631. The van der Waals surface area contributed by atoms with E-state index in [4.69, 9.17) is 9.15 Å². The van der Waals surface area contributed by atoms with Crippen molar-refractivity contribution in [1.29, 1.82) is 0 Å². The minimum atomic E-state index is -0.428. The zero-order valence-corrected chi connectivity index (χ0v) is 12.5. The SMILES string of the molecule is COCC(O)CCNCc1coc(-c2ccc(C)cc2)n1. The summed E-state index contributed by atoms with van der Waals surface area (Å²) in [6.45, 7) is 3.74. The number of aliphatic hydroxyl groups excluding tert-OH is 1. The summed E-state index contributed by atoms with van der Waals surface area (Å²) in [4.78, 5) is 4.45. The molecule has 1 unspecified atom stereocenters. The van der Waals surface area contributed by atoms with Crippen LogP contribution in [0.4, 0.5) is 0 Å². The van der Waals surface area contributed by atoms with E-state index in [1.165, 1.54) is 5.56 Å². The summed E-state index contributed by atoms with van der Waals surface area (Å²) < 4.78 is 10.4. The molecule has 0 saturated carbocycles. The van der Waals surface area contributed by atoms with Gasteiger partial charge in [0, 0.05) is 19.2 Å². The second-order valence-electron chi connectivity index (χ2n) is 5.08. The summed E-state index contributed by atoms with van der Waals surface area (Å²) in [6, 6.07) is 8.07. The highest BCUT2D eigenvalue weighted by Crippen LogP contribution is 2.18. The second-order valence-corrected chi connectivity index (χ2v) is 5.08. The molecule has 1 aromatic carbocycles. The van der Waals surface area contributed by atoms with Crippen molar-refractivity contribution in [3.8, 4) is 11.5 Å². The Kier molecular flexibility index (Phi) is 5.92. The van der Waals surface area contributed by atoms with Crippen molar-refractivity contribution in [3.63, 3.8) is 0 Å². The number of methoxy groups -OCH3 is 1. The molecule has 0 bridgehead atoms. The Morgan fingerprint density at radius 1 is 1.33 bits per heavy atom. The van der Waals surface area contributed by atoms with Crippen LogP contribution in [0, 0.1) is 6.92 Å². The molecule has 2 aromatic rings. The van der Waals surface area contributed by atoms with Crippen molar-refractivity contribution >= 4 is 0 Å². The molecule has 1 aromatic heterocycles. The maximum Gasteiger partial charge on any atom is 0.226 e. The highest BCUT2D eigenvalue weighted by atomic mass is 16.5. The molecule has 2 N–H and O–H groups in total. The second kappa shape index (κ2) is 7.93. The maximum atomic E-state index is 9.52. The Morgan fingerprint density at radius 3 is 2.81 bits per heavy atom. The van der Waals surface area contributed by atoms with Gasteiger partial charge in [-0.25, -0.2) is 4.98 Å². The standard InChI is InChI=1S/C16H22N2O3/c1-12-3-5-13(6-4-12)16-18-14(10-21-16)9-17-8-7-15(19)11-20-2/h3-6,10,15,17,19H,7-9,11H2,1-2H3. The van der Waals surface area contributed by atoms with E-state index in [0.29, 0.717) is 32.0 Å². The number of oxazole rings is 1. The number of hydrogen-bond donors (Lipinski definition) is 2. The largest absolute Gasteiger partial charge is 0.444 e. The van der Waals surface area contributed by atoms with Crippen molar-refractivity contribution in [2.75, 3.05) is 20.3 Å². The lowest BCUT2D eigenvalue weighted by Crippen LogP contribution is -2.23. The van der Waals surface area contributed by atoms with Gasteiger partial charge in [-0.05, 0) is 32.0 Å². The van der Waals surface area contributed by atoms with E-state index in [0.717, 1.165) is 11.3 Å². The van der Waals surface area contributed by atoms with Gasteiger partial charge in [-0.1, -0.05) is 17.7 Å². The number of aromatic nitrogens is 1. The smallest absolute Gasteiger partial charge is 0.226 e. The van der Waals surface area contributed by atoms with Gasteiger partial charge in [-0.2, -0.15) is 0 Å². The van der Waals surface area contributed by atoms with Crippen molar-refractivity contribution in [2.45, 2.75) is 26.0 Å². The van der Waals surface area contributed by atoms with Gasteiger partial charge in [-0.15, -0.1) is 0 Å². The summed E-state index contributed by atoms with van der Waals surface area (Å²) >= 11 is 0. The molecule has 0 spiro atoms. The summed E-state index contributed by atoms with van der Waals surface area (Å²) in [5, 5.41) is 12.7. The minimum absolute atomic E-state index is 0.364. The highest BCUT2D eigenvalue weighted by molar-refractivity contribution is 5.53. The Labute approximate surface area is 125 Å². The lowest BCUT2D eigenvalue weighted by molar-refractivity contribution is 0.0594. The topological polar surface area (TPSA) is 67.5 Å². The number of ether oxygens (including phenoxy) is 1. The first-order chi connectivity index (χ1) is 10.2. The molecule has 114 valence electrons. The van der Waals surface area contributed by atoms with Crippen molar-refractivity contribution in [3.05, 3.63) is 41.8 Å². The zero-order valence-electron chi connectivity index (χ0n) is 12.5. The molecule has 1 atom stereocenters. The molecule has 5 nitrogen and oxygen atoms in total. The molecular weight excluding hydrogens is 268 g/mol. The fourth-order valence-corrected chi connectivity index (χ4v) is 1.98. The van der Waals surface area contributed by atoms with Crippen LogP contribution in [0.3, 0.4) is 0 Å². The van der Waals surface area contributed by atoms with Crippen LogP contribution >= 0.6 is 0 Å². The summed E-state index contributed by atoms with van der Waals surface area (Å²) in [6.07, 6.45) is 1.88. The van der Waals surface area contributed by atoms with Crippen LogP contribution in [0.2, 0.25) is 0 Å². The van der Waals surface area contributed by atoms with Crippen LogP contribution < -0.4 is 5.32 Å². The quantitative estimate of drug-likeness (QED) is 0.729. The number of benzene rings is 1. The fraction of sp³-hybridized carbons (Fsp3) is 0.438. The average molecular weight is 290 g/mol. The first-order valence-electron chi connectivity index (χ1n) is 7.08. The number of aryl methyl sites for hydroxylation is 1. The van der Waals surface area contributed by atoms with Crippen LogP contribution in [0.1, 0.15) is 17.7 Å². The molecule has 0 fully saturated rings. The summed E-state index contributed by atoms with van der Waals surface area (Å²) in [5.41, 5.74) is 3.04. The van der Waals surface area contributed by atoms with E-state index < -0.39 is 6.10 Å². The molecule has 1 heterocycles. The third-order valence-electron chi connectivity index (χ3n) is 3.17.